The van der Waals surface area contributed by atoms with Gasteiger partial charge in [0.15, 0.2) is 0 Å². The summed E-state index contributed by atoms with van der Waals surface area (Å²) < 4.78 is 5.98. The summed E-state index contributed by atoms with van der Waals surface area (Å²) in [6.07, 6.45) is 8.29. The number of carbonyl (C=O) groups is 1. The van der Waals surface area contributed by atoms with Crippen molar-refractivity contribution < 1.29 is 14.6 Å². The average molecular weight is 326 g/mol. The number of rotatable bonds is 6. The number of carboxylic acid groups (broad SMARTS) is 1. The first kappa shape index (κ1) is 16.9. The van der Waals surface area contributed by atoms with Gasteiger partial charge in [-0.2, -0.15) is 0 Å². The van der Waals surface area contributed by atoms with Gasteiger partial charge in [-0.3, -0.25) is 4.79 Å². The molecule has 1 aromatic rings. The fraction of sp³-hybridized carbons (Fsp3) is 0.571. The van der Waals surface area contributed by atoms with Crippen LogP contribution in [0, 0.1) is 23.2 Å². The van der Waals surface area contributed by atoms with Gasteiger partial charge in [0.25, 0.3) is 0 Å². The van der Waals surface area contributed by atoms with Crippen molar-refractivity contribution in [3.05, 3.63) is 29.8 Å². The predicted molar refractivity (Wildman–Crippen MR) is 94.0 cm³/mol. The van der Waals surface area contributed by atoms with E-state index in [1.165, 1.54) is 38.5 Å². The van der Waals surface area contributed by atoms with Crippen LogP contribution in [0.5, 0.6) is 5.75 Å². The Labute approximate surface area is 144 Å². The van der Waals surface area contributed by atoms with E-state index in [4.69, 9.17) is 9.84 Å². The Balaban J connectivity index is 1.54. The summed E-state index contributed by atoms with van der Waals surface area (Å²) in [7, 11) is 0. The molecule has 0 bridgehead atoms. The fourth-order valence-electron chi connectivity index (χ4n) is 4.21. The van der Waals surface area contributed by atoms with Crippen molar-refractivity contribution in [1.82, 2.24) is 0 Å². The Bertz CT molecular complexity index is 631. The molecule has 3 rings (SSSR count). The lowest BCUT2D eigenvalue weighted by atomic mass is 9.67. The molecule has 2 saturated carbocycles. The second kappa shape index (κ2) is 7.30. The zero-order valence-corrected chi connectivity index (χ0v) is 14.4. The van der Waals surface area contributed by atoms with E-state index in [1.54, 1.807) is 6.92 Å². The third-order valence-corrected chi connectivity index (χ3v) is 5.68. The largest absolute Gasteiger partial charge is 0.493 e. The Morgan fingerprint density at radius 1 is 1.33 bits per heavy atom. The average Bonchev–Trinajstić information content (AvgIpc) is 2.98. The monoisotopic (exact) mass is 326 g/mol. The minimum absolute atomic E-state index is 0.0329. The molecule has 0 heterocycles. The molecule has 1 spiro atoms. The van der Waals surface area contributed by atoms with Crippen LogP contribution in [0.3, 0.4) is 0 Å². The van der Waals surface area contributed by atoms with Crippen LogP contribution in [0.15, 0.2) is 24.3 Å². The van der Waals surface area contributed by atoms with Crippen molar-refractivity contribution in [2.45, 2.75) is 57.8 Å². The van der Waals surface area contributed by atoms with Crippen LogP contribution in [0.2, 0.25) is 0 Å². The lowest BCUT2D eigenvalue weighted by Gasteiger charge is -2.38. The molecule has 128 valence electrons. The van der Waals surface area contributed by atoms with Gasteiger partial charge < -0.3 is 9.84 Å². The first-order valence-corrected chi connectivity index (χ1v) is 8.97. The van der Waals surface area contributed by atoms with Gasteiger partial charge in [0.2, 0.25) is 0 Å². The zero-order valence-electron chi connectivity index (χ0n) is 14.4. The lowest BCUT2D eigenvalue weighted by molar-refractivity contribution is -0.137. The molecular weight excluding hydrogens is 300 g/mol. The number of aliphatic carboxylic acids is 1. The molecule has 2 aliphatic rings. The molecule has 0 radical (unpaired) electrons. The zero-order chi connectivity index (χ0) is 17.0. The summed E-state index contributed by atoms with van der Waals surface area (Å²) >= 11 is 0. The summed E-state index contributed by atoms with van der Waals surface area (Å²) in [5, 5.41) is 9.01. The Hall–Kier alpha value is -1.95. The molecule has 0 aromatic heterocycles. The van der Waals surface area contributed by atoms with Gasteiger partial charge in [-0.1, -0.05) is 24.5 Å². The highest BCUT2D eigenvalue weighted by molar-refractivity contribution is 5.69. The highest BCUT2D eigenvalue weighted by Gasteiger charge is 2.43. The highest BCUT2D eigenvalue weighted by Crippen LogP contribution is 2.55. The Morgan fingerprint density at radius 2 is 2.08 bits per heavy atom. The minimum atomic E-state index is -0.825. The van der Waals surface area contributed by atoms with Gasteiger partial charge in [0, 0.05) is 0 Å². The number of hydrogen-bond acceptors (Lipinski definition) is 2. The van der Waals surface area contributed by atoms with Crippen molar-refractivity contribution in [2.75, 3.05) is 6.61 Å². The van der Waals surface area contributed by atoms with E-state index in [9.17, 15) is 4.79 Å². The van der Waals surface area contributed by atoms with Crippen LogP contribution in [0.25, 0.3) is 0 Å². The number of ether oxygens (including phenoxy) is 1. The maximum atomic E-state index is 11.0. The van der Waals surface area contributed by atoms with E-state index >= 15 is 0 Å². The van der Waals surface area contributed by atoms with E-state index < -0.39 is 5.97 Å². The van der Waals surface area contributed by atoms with Gasteiger partial charge in [0.1, 0.15) is 5.75 Å². The minimum Gasteiger partial charge on any atom is -0.493 e. The normalized spacial score (nSPS) is 22.3. The maximum absolute atomic E-state index is 11.0. The maximum Gasteiger partial charge on any atom is 0.304 e. The summed E-state index contributed by atoms with van der Waals surface area (Å²) in [4.78, 5) is 11.0. The van der Waals surface area contributed by atoms with Crippen LogP contribution in [0.4, 0.5) is 0 Å². The summed E-state index contributed by atoms with van der Waals surface area (Å²) in [6.45, 7) is 2.54. The third kappa shape index (κ3) is 3.93. The predicted octanol–water partition coefficient (Wildman–Crippen LogP) is 4.62. The van der Waals surface area contributed by atoms with Gasteiger partial charge in [-0.25, -0.2) is 0 Å². The summed E-state index contributed by atoms with van der Waals surface area (Å²) in [5.41, 5.74) is 1.61. The van der Waals surface area contributed by atoms with Gasteiger partial charge >= 0.3 is 5.97 Å². The highest BCUT2D eigenvalue weighted by atomic mass is 16.5. The van der Waals surface area contributed by atoms with Crippen LogP contribution in [-0.2, 0) is 4.79 Å². The molecule has 1 unspecified atom stereocenters. The number of carboxylic acids is 1. The smallest absolute Gasteiger partial charge is 0.304 e. The third-order valence-electron chi connectivity index (χ3n) is 5.68. The standard InChI is InChI=1S/C21H26O3/c1-2-4-18(13-20(22)23)17-5-7-19(8-6-17)24-15-16-9-12-21(14-16)10-3-11-21/h5-8,16,18H,3,9-15H2,1H3,(H,22,23)/t16?,18-/m0/s1. The number of benzene rings is 1. The SMILES string of the molecule is CC#C[C@@H](CC(=O)O)c1ccc(OCC2CCC3(CCC3)C2)cc1. The molecular formula is C21H26O3. The quantitative estimate of drug-likeness (QED) is 0.776. The second-order valence-corrected chi connectivity index (χ2v) is 7.39. The molecule has 0 aliphatic heterocycles. The van der Waals surface area contributed by atoms with Crippen LogP contribution in [0.1, 0.15) is 63.4 Å². The van der Waals surface area contributed by atoms with Crippen LogP contribution >= 0.6 is 0 Å². The fourth-order valence-corrected chi connectivity index (χ4v) is 4.21. The molecule has 1 aromatic carbocycles. The lowest BCUT2D eigenvalue weighted by Crippen LogP contribution is -2.26. The van der Waals surface area contributed by atoms with Crippen LogP contribution in [-0.4, -0.2) is 17.7 Å². The molecule has 0 saturated heterocycles. The molecule has 1 N–H and O–H groups in total. The first-order chi connectivity index (χ1) is 11.6. The molecule has 24 heavy (non-hydrogen) atoms. The molecule has 2 aliphatic carbocycles. The van der Waals surface area contributed by atoms with E-state index in [-0.39, 0.29) is 12.3 Å². The van der Waals surface area contributed by atoms with Gasteiger partial charge in [-0.15, -0.1) is 5.92 Å². The first-order valence-electron chi connectivity index (χ1n) is 8.97. The summed E-state index contributed by atoms with van der Waals surface area (Å²) in [6, 6.07) is 7.76. The molecule has 3 heteroatoms. The topological polar surface area (TPSA) is 46.5 Å². The Kier molecular flexibility index (Phi) is 5.14. The van der Waals surface area contributed by atoms with Crippen LogP contribution < -0.4 is 4.74 Å². The summed E-state index contributed by atoms with van der Waals surface area (Å²) in [5.74, 6) is 6.28. The van der Waals surface area contributed by atoms with E-state index in [0.29, 0.717) is 11.3 Å². The van der Waals surface area contributed by atoms with Crippen molar-refractivity contribution in [3.63, 3.8) is 0 Å². The molecule has 2 atom stereocenters. The van der Waals surface area contributed by atoms with E-state index in [2.05, 4.69) is 11.8 Å². The molecule has 2 fully saturated rings. The molecule has 0 amide bonds. The van der Waals surface area contributed by atoms with Crippen molar-refractivity contribution in [2.24, 2.45) is 11.3 Å². The number of hydrogen-bond donors (Lipinski definition) is 1. The van der Waals surface area contributed by atoms with Gasteiger partial charge in [-0.05, 0) is 68.1 Å². The molecule has 3 nitrogen and oxygen atoms in total. The van der Waals surface area contributed by atoms with E-state index in [0.717, 1.165) is 17.9 Å². The Morgan fingerprint density at radius 3 is 2.62 bits per heavy atom. The second-order valence-electron chi connectivity index (χ2n) is 7.39. The van der Waals surface area contributed by atoms with Crippen molar-refractivity contribution >= 4 is 5.97 Å². The van der Waals surface area contributed by atoms with E-state index in [1.807, 2.05) is 24.3 Å². The van der Waals surface area contributed by atoms with Gasteiger partial charge in [0.05, 0.1) is 18.9 Å². The van der Waals surface area contributed by atoms with Crippen molar-refractivity contribution in [1.29, 1.82) is 0 Å². The van der Waals surface area contributed by atoms with Crippen molar-refractivity contribution in [3.8, 4) is 17.6 Å².